The molecule has 7 rings (SSSR count). The normalized spacial score (nSPS) is 16.5. The zero-order chi connectivity index (χ0) is 29.7. The first-order valence-electron chi connectivity index (χ1n) is 14.9. The molecule has 3 aromatic carbocycles. The molecular weight excluding hydrogens is 536 g/mol. The van der Waals surface area contributed by atoms with E-state index in [-0.39, 0.29) is 6.10 Å². The van der Waals surface area contributed by atoms with E-state index >= 15 is 0 Å². The number of oxazole rings is 1. The Morgan fingerprint density at radius 1 is 1.00 bits per heavy atom. The average molecular weight is 571 g/mol. The Kier molecular flexibility index (Phi) is 6.97. The lowest BCUT2D eigenvalue weighted by molar-refractivity contribution is 0.174. The number of β-amino-alcohol motifs (C(OH)–C–C–N with tert-alkyl or cyclic N) is 1. The van der Waals surface area contributed by atoms with Crippen LogP contribution in [-0.2, 0) is 19.4 Å². The zero-order valence-electron chi connectivity index (χ0n) is 24.8. The number of aliphatic hydroxyl groups is 1. The van der Waals surface area contributed by atoms with E-state index in [1.165, 1.54) is 5.56 Å². The Morgan fingerprint density at radius 2 is 1.74 bits per heavy atom. The van der Waals surface area contributed by atoms with Gasteiger partial charge in [0.05, 0.1) is 18.9 Å². The molecule has 1 atom stereocenters. The van der Waals surface area contributed by atoms with Gasteiger partial charge in [0.1, 0.15) is 17.1 Å². The van der Waals surface area contributed by atoms with Crippen LogP contribution in [0.2, 0.25) is 0 Å². The largest absolute Gasteiger partial charge is 0.481 e. The van der Waals surface area contributed by atoms with Crippen LogP contribution >= 0.6 is 0 Å². The highest BCUT2D eigenvalue weighted by atomic mass is 16.5. The number of benzene rings is 3. The summed E-state index contributed by atoms with van der Waals surface area (Å²) in [4.78, 5) is 12.0. The van der Waals surface area contributed by atoms with E-state index < -0.39 is 0 Å². The average Bonchev–Trinajstić information content (AvgIpc) is 3.76. The number of aryl methyl sites for hydroxylation is 1. The van der Waals surface area contributed by atoms with Gasteiger partial charge in [-0.15, -0.1) is 0 Å². The molecule has 0 saturated carbocycles. The fourth-order valence-corrected chi connectivity index (χ4v) is 6.83. The number of hydrogen-bond donors (Lipinski definition) is 1. The topological polar surface area (TPSA) is 95.4 Å². The minimum Gasteiger partial charge on any atom is -0.481 e. The molecule has 2 aliphatic rings. The van der Waals surface area contributed by atoms with Crippen molar-refractivity contribution >= 4 is 11.1 Å². The van der Waals surface area contributed by atoms with Gasteiger partial charge in [-0.25, -0.2) is 9.97 Å². The van der Waals surface area contributed by atoms with Crippen LogP contribution in [0, 0.1) is 25.2 Å². The van der Waals surface area contributed by atoms with Crippen molar-refractivity contribution in [2.75, 3.05) is 20.2 Å². The predicted octanol–water partition coefficient (Wildman–Crippen LogP) is 6.78. The predicted molar refractivity (Wildman–Crippen MR) is 167 cm³/mol. The van der Waals surface area contributed by atoms with Gasteiger partial charge in [0.2, 0.25) is 11.8 Å². The summed E-state index contributed by atoms with van der Waals surface area (Å²) >= 11 is 0. The fraction of sp³-hybridized carbons (Fsp3) is 0.306. The second-order valence-electron chi connectivity index (χ2n) is 11.7. The summed E-state index contributed by atoms with van der Waals surface area (Å²) < 4.78 is 12.0. The van der Waals surface area contributed by atoms with E-state index in [0.29, 0.717) is 36.0 Å². The quantitative estimate of drug-likeness (QED) is 0.241. The molecule has 216 valence electrons. The Hall–Kier alpha value is -4.51. The van der Waals surface area contributed by atoms with Crippen LogP contribution in [0.25, 0.3) is 44.9 Å². The van der Waals surface area contributed by atoms with Gasteiger partial charge in [-0.1, -0.05) is 36.4 Å². The molecule has 0 amide bonds. The SMILES string of the molecule is COc1nc(-c2cccc(-c3cccc(-c4nc5cc6c(c(C#N)c5o4)CCC6)c3C)c2C)ccc1CN1CC[C@@H](O)C1. The van der Waals surface area contributed by atoms with Crippen molar-refractivity contribution in [1.29, 1.82) is 5.26 Å². The van der Waals surface area contributed by atoms with Gasteiger partial charge in [0, 0.05) is 36.3 Å². The van der Waals surface area contributed by atoms with Crippen molar-refractivity contribution in [3.63, 3.8) is 0 Å². The minimum absolute atomic E-state index is 0.260. The number of ether oxygens (including phenoxy) is 1. The number of aromatic nitrogens is 2. The first kappa shape index (κ1) is 27.3. The molecule has 0 spiro atoms. The summed E-state index contributed by atoms with van der Waals surface area (Å²) in [6, 6.07) is 21.1. The number of aliphatic hydroxyl groups excluding tert-OH is 1. The molecule has 1 saturated heterocycles. The van der Waals surface area contributed by atoms with Gasteiger partial charge in [0.15, 0.2) is 5.58 Å². The Labute approximate surface area is 251 Å². The molecule has 5 aromatic rings. The number of nitriles is 1. The number of methoxy groups -OCH3 is 1. The fourth-order valence-electron chi connectivity index (χ4n) is 6.83. The van der Waals surface area contributed by atoms with Gasteiger partial charge < -0.3 is 14.3 Å². The lowest BCUT2D eigenvalue weighted by atomic mass is 9.90. The van der Waals surface area contributed by atoms with E-state index in [9.17, 15) is 10.4 Å². The smallest absolute Gasteiger partial charge is 0.227 e. The highest BCUT2D eigenvalue weighted by Gasteiger charge is 2.24. The highest BCUT2D eigenvalue weighted by molar-refractivity contribution is 5.87. The van der Waals surface area contributed by atoms with Crippen LogP contribution in [0.4, 0.5) is 0 Å². The van der Waals surface area contributed by atoms with Gasteiger partial charge in [-0.05, 0) is 91.1 Å². The number of fused-ring (bicyclic) bond motifs is 2. The summed E-state index contributed by atoms with van der Waals surface area (Å²) in [6.07, 6.45) is 3.51. The van der Waals surface area contributed by atoms with Gasteiger partial charge in [0.25, 0.3) is 0 Å². The molecule has 1 aliphatic heterocycles. The Morgan fingerprint density at radius 3 is 2.47 bits per heavy atom. The minimum atomic E-state index is -0.260. The van der Waals surface area contributed by atoms with Crippen LogP contribution in [0.5, 0.6) is 5.88 Å². The Balaban J connectivity index is 1.25. The molecular formula is C36H34N4O3. The second-order valence-corrected chi connectivity index (χ2v) is 11.7. The molecule has 43 heavy (non-hydrogen) atoms. The summed E-state index contributed by atoms with van der Waals surface area (Å²) in [6.45, 7) is 6.48. The molecule has 7 heteroatoms. The van der Waals surface area contributed by atoms with E-state index in [0.717, 1.165) is 87.9 Å². The van der Waals surface area contributed by atoms with Crippen molar-refractivity contribution in [1.82, 2.24) is 14.9 Å². The van der Waals surface area contributed by atoms with E-state index in [1.54, 1.807) is 7.11 Å². The molecule has 7 nitrogen and oxygen atoms in total. The van der Waals surface area contributed by atoms with Gasteiger partial charge >= 0.3 is 0 Å². The molecule has 1 N–H and O–H groups in total. The van der Waals surface area contributed by atoms with Crippen molar-refractivity contribution in [3.05, 3.63) is 88.0 Å². The van der Waals surface area contributed by atoms with Crippen LogP contribution in [0.3, 0.4) is 0 Å². The Bertz CT molecular complexity index is 1920. The van der Waals surface area contributed by atoms with Gasteiger partial charge in [-0.2, -0.15) is 5.26 Å². The van der Waals surface area contributed by atoms with Gasteiger partial charge in [-0.3, -0.25) is 4.90 Å². The number of pyridine rings is 1. The summed E-state index contributed by atoms with van der Waals surface area (Å²) in [7, 11) is 1.66. The molecule has 0 radical (unpaired) electrons. The van der Waals surface area contributed by atoms with Crippen molar-refractivity contribution in [2.45, 2.75) is 52.2 Å². The molecule has 1 fully saturated rings. The molecule has 0 bridgehead atoms. The van der Waals surface area contributed by atoms with Crippen LogP contribution < -0.4 is 4.74 Å². The number of nitrogens with zero attached hydrogens (tertiary/aromatic N) is 4. The monoisotopic (exact) mass is 570 g/mol. The standard InChI is InChI=1S/C36H34N4O3/c1-21-26(8-5-10-28(21)32-14-13-24(35(38-32)42-3)19-40-16-15-25(41)20-40)27-9-6-11-29(22(27)2)36-39-33-17-23-7-4-12-30(23)31(18-37)34(33)43-36/h5-6,8-11,13-14,17,25,41H,4,7,12,15-16,19-20H2,1-3H3/t25-/m1/s1. The molecule has 1 aliphatic carbocycles. The molecule has 3 heterocycles. The lowest BCUT2D eigenvalue weighted by Gasteiger charge is -2.18. The third kappa shape index (κ3) is 4.77. The summed E-state index contributed by atoms with van der Waals surface area (Å²) in [5, 5.41) is 19.9. The van der Waals surface area contributed by atoms with Crippen LogP contribution in [-0.4, -0.2) is 46.3 Å². The third-order valence-corrected chi connectivity index (χ3v) is 9.10. The van der Waals surface area contributed by atoms with Crippen molar-refractivity contribution < 1.29 is 14.3 Å². The summed E-state index contributed by atoms with van der Waals surface area (Å²) in [5.41, 5.74) is 12.5. The number of likely N-dealkylation sites (tertiary alicyclic amines) is 1. The van der Waals surface area contributed by atoms with E-state index in [2.05, 4.69) is 67.3 Å². The zero-order valence-corrected chi connectivity index (χ0v) is 24.8. The van der Waals surface area contributed by atoms with E-state index in [1.807, 2.05) is 12.1 Å². The highest BCUT2D eigenvalue weighted by Crippen LogP contribution is 2.39. The van der Waals surface area contributed by atoms with Crippen molar-refractivity contribution in [2.24, 2.45) is 0 Å². The van der Waals surface area contributed by atoms with Crippen LogP contribution in [0.15, 0.2) is 59.0 Å². The first-order chi connectivity index (χ1) is 20.9. The maximum absolute atomic E-state index is 9.94. The maximum atomic E-state index is 9.94. The van der Waals surface area contributed by atoms with Crippen molar-refractivity contribution in [3.8, 4) is 45.8 Å². The third-order valence-electron chi connectivity index (χ3n) is 9.10. The molecule has 2 aromatic heterocycles. The second kappa shape index (κ2) is 11.0. The summed E-state index contributed by atoms with van der Waals surface area (Å²) in [5.74, 6) is 1.15. The molecule has 0 unspecified atom stereocenters. The first-order valence-corrected chi connectivity index (χ1v) is 14.9. The number of rotatable bonds is 6. The maximum Gasteiger partial charge on any atom is 0.227 e. The van der Waals surface area contributed by atoms with Crippen LogP contribution in [0.1, 0.15) is 46.2 Å². The van der Waals surface area contributed by atoms with E-state index in [4.69, 9.17) is 19.1 Å². The lowest BCUT2D eigenvalue weighted by Crippen LogP contribution is -2.22. The number of hydrogen-bond acceptors (Lipinski definition) is 7.